The summed E-state index contributed by atoms with van der Waals surface area (Å²) in [5.74, 6) is 1.16. The van der Waals surface area contributed by atoms with Gasteiger partial charge in [0.1, 0.15) is 10.8 Å². The van der Waals surface area contributed by atoms with Crippen LogP contribution in [0, 0.1) is 5.92 Å². The quantitative estimate of drug-likeness (QED) is 0.626. The number of aliphatic carboxylic acids is 1. The lowest BCUT2D eigenvalue weighted by Crippen LogP contribution is -2.41. The number of amides is 1. The largest absolute Gasteiger partial charge is 0.481 e. The molecular formula is C22H33N3O4S. The average Bonchev–Trinajstić information content (AvgIpc) is 2.77. The predicted molar refractivity (Wildman–Crippen MR) is 118 cm³/mol. The number of rotatable bonds is 8. The second-order valence-corrected chi connectivity index (χ2v) is 9.27. The van der Waals surface area contributed by atoms with Crippen LogP contribution >= 0.6 is 11.8 Å². The van der Waals surface area contributed by atoms with Crippen molar-refractivity contribution in [1.82, 2.24) is 9.88 Å². The van der Waals surface area contributed by atoms with Gasteiger partial charge in [-0.3, -0.25) is 9.59 Å². The first-order chi connectivity index (χ1) is 14.5. The number of carboxylic acids is 1. The summed E-state index contributed by atoms with van der Waals surface area (Å²) in [6.07, 6.45) is 4.83. The topological polar surface area (TPSA) is 83.0 Å². The molecule has 1 aromatic rings. The third kappa shape index (κ3) is 5.88. The van der Waals surface area contributed by atoms with Crippen molar-refractivity contribution >= 4 is 29.5 Å². The average molecular weight is 436 g/mol. The Balaban J connectivity index is 1.79. The highest BCUT2D eigenvalue weighted by molar-refractivity contribution is 7.99. The molecule has 7 nitrogen and oxygen atoms in total. The lowest BCUT2D eigenvalue weighted by molar-refractivity contribution is -0.138. The molecule has 2 saturated heterocycles. The summed E-state index contributed by atoms with van der Waals surface area (Å²) in [6.45, 7) is 5.09. The Bertz CT molecular complexity index is 739. The Labute approximate surface area is 183 Å². The Hall–Kier alpha value is -1.80. The first kappa shape index (κ1) is 22.9. The summed E-state index contributed by atoms with van der Waals surface area (Å²) in [6, 6.07) is 4.03. The minimum atomic E-state index is -0.744. The van der Waals surface area contributed by atoms with Crippen LogP contribution in [0.25, 0.3) is 0 Å². The van der Waals surface area contributed by atoms with E-state index < -0.39 is 5.97 Å². The summed E-state index contributed by atoms with van der Waals surface area (Å²) in [5.41, 5.74) is 0.658. The highest BCUT2D eigenvalue weighted by atomic mass is 32.2. The molecule has 2 aliphatic rings. The number of ether oxygens (including phenoxy) is 1. The molecular weight excluding hydrogens is 402 g/mol. The van der Waals surface area contributed by atoms with Crippen LogP contribution in [0.3, 0.4) is 0 Å². The number of hydrogen-bond acceptors (Lipinski definition) is 6. The molecule has 166 valence electrons. The fourth-order valence-electron chi connectivity index (χ4n) is 4.19. The van der Waals surface area contributed by atoms with Crippen molar-refractivity contribution in [3.8, 4) is 0 Å². The van der Waals surface area contributed by atoms with Gasteiger partial charge in [-0.2, -0.15) is 0 Å². The van der Waals surface area contributed by atoms with Gasteiger partial charge in [-0.1, -0.05) is 6.92 Å². The van der Waals surface area contributed by atoms with Gasteiger partial charge in [0.05, 0.1) is 5.56 Å². The first-order valence-corrected chi connectivity index (χ1v) is 11.9. The molecule has 0 saturated carbocycles. The fourth-order valence-corrected chi connectivity index (χ4v) is 5.06. The number of anilines is 1. The number of piperidine rings is 1. The van der Waals surface area contributed by atoms with Gasteiger partial charge in [-0.15, -0.1) is 11.8 Å². The minimum Gasteiger partial charge on any atom is -0.481 e. The molecule has 3 rings (SSSR count). The molecule has 1 atom stereocenters. The lowest BCUT2D eigenvalue weighted by Gasteiger charge is -2.34. The standard InChI is InChI=1S/C22H33N3O4S/c1-3-13-30-21-18(22(28)24(2)17-8-11-29-12-9-17)6-7-19(23-21)25-10-4-5-16(15-25)14-20(26)27/h6-7,16-17H,3-5,8-15H2,1-2H3,(H,26,27)/t16-/m0/s1. The highest BCUT2D eigenvalue weighted by Crippen LogP contribution is 2.29. The predicted octanol–water partition coefficient (Wildman–Crippen LogP) is 3.53. The number of carbonyl (C=O) groups is 2. The molecule has 2 aliphatic heterocycles. The molecule has 0 aromatic carbocycles. The molecule has 1 N–H and O–H groups in total. The molecule has 2 fully saturated rings. The van der Waals surface area contributed by atoms with Crippen molar-refractivity contribution in [2.75, 3.05) is 44.0 Å². The van der Waals surface area contributed by atoms with E-state index in [1.807, 2.05) is 24.1 Å². The maximum atomic E-state index is 13.2. The van der Waals surface area contributed by atoms with Crippen molar-refractivity contribution in [3.05, 3.63) is 17.7 Å². The minimum absolute atomic E-state index is 0.0157. The maximum absolute atomic E-state index is 13.2. The van der Waals surface area contributed by atoms with E-state index in [9.17, 15) is 9.59 Å². The van der Waals surface area contributed by atoms with Gasteiger partial charge in [0.2, 0.25) is 0 Å². The number of thioether (sulfide) groups is 1. The van der Waals surface area contributed by atoms with Crippen molar-refractivity contribution in [2.45, 2.75) is 56.5 Å². The van der Waals surface area contributed by atoms with Crippen LogP contribution in [-0.4, -0.2) is 72.0 Å². The lowest BCUT2D eigenvalue weighted by atomic mass is 9.95. The van der Waals surface area contributed by atoms with Crippen LogP contribution in [0.5, 0.6) is 0 Å². The van der Waals surface area contributed by atoms with E-state index in [0.717, 1.165) is 55.2 Å². The van der Waals surface area contributed by atoms with E-state index in [1.165, 1.54) is 0 Å². The van der Waals surface area contributed by atoms with Crippen LogP contribution in [0.2, 0.25) is 0 Å². The van der Waals surface area contributed by atoms with E-state index in [0.29, 0.717) is 25.3 Å². The zero-order valence-corrected chi connectivity index (χ0v) is 18.8. The molecule has 1 aromatic heterocycles. The van der Waals surface area contributed by atoms with E-state index >= 15 is 0 Å². The summed E-state index contributed by atoms with van der Waals surface area (Å²) >= 11 is 1.62. The van der Waals surface area contributed by atoms with Gasteiger partial charge >= 0.3 is 5.97 Å². The Kier molecular flexibility index (Phi) is 8.39. The van der Waals surface area contributed by atoms with E-state index in [1.54, 1.807) is 11.8 Å². The summed E-state index contributed by atoms with van der Waals surface area (Å²) in [4.78, 5) is 33.2. The number of carboxylic acid groups (broad SMARTS) is 1. The highest BCUT2D eigenvalue weighted by Gasteiger charge is 2.27. The van der Waals surface area contributed by atoms with Gasteiger partial charge in [0, 0.05) is 45.8 Å². The molecule has 0 spiro atoms. The summed E-state index contributed by atoms with van der Waals surface area (Å²) in [5, 5.41) is 9.91. The van der Waals surface area contributed by atoms with Gasteiger partial charge in [0.15, 0.2) is 0 Å². The van der Waals surface area contributed by atoms with Crippen LogP contribution in [0.4, 0.5) is 5.82 Å². The number of aromatic nitrogens is 1. The molecule has 0 unspecified atom stereocenters. The van der Waals surface area contributed by atoms with Gasteiger partial charge in [-0.05, 0) is 55.9 Å². The van der Waals surface area contributed by atoms with Crippen LogP contribution < -0.4 is 4.90 Å². The maximum Gasteiger partial charge on any atom is 0.303 e. The Morgan fingerprint density at radius 2 is 2.07 bits per heavy atom. The number of carbonyl (C=O) groups excluding carboxylic acids is 1. The van der Waals surface area contributed by atoms with Gasteiger partial charge in [0.25, 0.3) is 5.91 Å². The SMILES string of the molecule is CCCSc1nc(N2CCC[C@@H](CC(=O)O)C2)ccc1C(=O)N(C)C1CCOCC1. The monoisotopic (exact) mass is 435 g/mol. The zero-order chi connectivity index (χ0) is 21.5. The first-order valence-electron chi connectivity index (χ1n) is 10.9. The van der Waals surface area contributed by atoms with Crippen molar-refractivity contribution in [3.63, 3.8) is 0 Å². The molecule has 1 amide bonds. The van der Waals surface area contributed by atoms with E-state index in [-0.39, 0.29) is 24.3 Å². The summed E-state index contributed by atoms with van der Waals surface area (Å²) < 4.78 is 5.43. The van der Waals surface area contributed by atoms with Crippen LogP contribution in [0.15, 0.2) is 17.2 Å². The van der Waals surface area contributed by atoms with Gasteiger partial charge in [-0.25, -0.2) is 4.98 Å². The third-order valence-corrected chi connectivity index (χ3v) is 7.08. The zero-order valence-electron chi connectivity index (χ0n) is 18.0. The second kappa shape index (κ2) is 11.0. The van der Waals surface area contributed by atoms with E-state index in [2.05, 4.69) is 11.8 Å². The number of nitrogens with zero attached hydrogens (tertiary/aromatic N) is 3. The fraction of sp³-hybridized carbons (Fsp3) is 0.682. The van der Waals surface area contributed by atoms with Gasteiger partial charge < -0.3 is 19.6 Å². The van der Waals surface area contributed by atoms with Crippen LogP contribution in [0.1, 0.15) is 55.8 Å². The molecule has 30 heavy (non-hydrogen) atoms. The molecule has 0 bridgehead atoms. The Morgan fingerprint density at radius 1 is 1.30 bits per heavy atom. The second-order valence-electron chi connectivity index (χ2n) is 8.18. The molecule has 3 heterocycles. The van der Waals surface area contributed by atoms with E-state index in [4.69, 9.17) is 14.8 Å². The normalized spacial score (nSPS) is 20.2. The molecule has 0 aliphatic carbocycles. The number of hydrogen-bond donors (Lipinski definition) is 1. The third-order valence-electron chi connectivity index (χ3n) is 5.88. The van der Waals surface area contributed by atoms with Crippen molar-refractivity contribution < 1.29 is 19.4 Å². The van der Waals surface area contributed by atoms with Crippen molar-refractivity contribution in [1.29, 1.82) is 0 Å². The van der Waals surface area contributed by atoms with Crippen molar-refractivity contribution in [2.24, 2.45) is 5.92 Å². The number of pyridine rings is 1. The smallest absolute Gasteiger partial charge is 0.303 e. The molecule has 8 heteroatoms. The van der Waals surface area contributed by atoms with Crippen LogP contribution in [-0.2, 0) is 9.53 Å². The molecule has 0 radical (unpaired) electrons. The summed E-state index contributed by atoms with van der Waals surface area (Å²) in [7, 11) is 1.88. The Morgan fingerprint density at radius 3 is 2.77 bits per heavy atom.